The van der Waals surface area contributed by atoms with Crippen LogP contribution in [-0.2, 0) is 0 Å². The Balaban J connectivity index is 1.19. The summed E-state index contributed by atoms with van der Waals surface area (Å²) in [5, 5.41) is 12.6. The van der Waals surface area contributed by atoms with E-state index >= 15 is 0 Å². The summed E-state index contributed by atoms with van der Waals surface area (Å²) < 4.78 is 7.48. The molecule has 0 aliphatic rings. The second-order valence-electron chi connectivity index (χ2n) is 10.4. The van der Waals surface area contributed by atoms with Gasteiger partial charge in [0.25, 0.3) is 0 Å². The Morgan fingerprint density at radius 2 is 1.23 bits per heavy atom. The van der Waals surface area contributed by atoms with E-state index in [4.69, 9.17) is 9.40 Å². The molecular weight excluding hydrogens is 547 g/mol. The van der Waals surface area contributed by atoms with Crippen LogP contribution in [-0.4, -0.2) is 4.98 Å². The average molecular weight is 570 g/mol. The van der Waals surface area contributed by atoms with Gasteiger partial charge in [-0.05, 0) is 84.4 Å². The van der Waals surface area contributed by atoms with Crippen LogP contribution in [0.3, 0.4) is 0 Å². The number of aromatic nitrogens is 1. The third-order valence-electron chi connectivity index (χ3n) is 7.76. The molecule has 43 heavy (non-hydrogen) atoms. The van der Waals surface area contributed by atoms with Crippen LogP contribution in [0.2, 0.25) is 0 Å². The minimum Gasteiger partial charge on any atom is -0.455 e. The number of fused-ring (bicyclic) bond motifs is 4. The normalized spacial score (nSPS) is 11.2. The van der Waals surface area contributed by atoms with Gasteiger partial charge in [-0.1, -0.05) is 60.7 Å². The number of hydrogen-bond acceptors (Lipinski definition) is 5. The van der Waals surface area contributed by atoms with Crippen LogP contribution in [0.15, 0.2) is 144 Å². The Morgan fingerprint density at radius 1 is 0.605 bits per heavy atom. The van der Waals surface area contributed by atoms with Gasteiger partial charge in [0.15, 0.2) is 0 Å². The summed E-state index contributed by atoms with van der Waals surface area (Å²) in [7, 11) is 0. The van der Waals surface area contributed by atoms with E-state index in [2.05, 4.69) is 95.9 Å². The zero-order chi connectivity index (χ0) is 28.8. The van der Waals surface area contributed by atoms with Crippen LogP contribution >= 0.6 is 11.3 Å². The SMILES string of the molecule is N#Cc1ccc(N(c2ccc(-c3nc4ccccc4s3)cc2)c2ccc(-c3cccc4c3oc3ccccc34)cc2)cc1. The fraction of sp³-hybridized carbons (Fsp3) is 0. The number of furan rings is 1. The quantitative estimate of drug-likeness (QED) is 0.207. The van der Waals surface area contributed by atoms with Crippen molar-refractivity contribution in [3.8, 4) is 27.8 Å². The highest BCUT2D eigenvalue weighted by Crippen LogP contribution is 2.40. The number of nitrogens with zero attached hydrogens (tertiary/aromatic N) is 3. The number of nitriles is 1. The number of hydrogen-bond donors (Lipinski definition) is 0. The number of anilines is 3. The third kappa shape index (κ3) is 4.42. The van der Waals surface area contributed by atoms with Gasteiger partial charge >= 0.3 is 0 Å². The molecule has 0 spiro atoms. The molecule has 0 saturated carbocycles. The highest BCUT2D eigenvalue weighted by molar-refractivity contribution is 7.21. The van der Waals surface area contributed by atoms with Crippen molar-refractivity contribution < 1.29 is 4.42 Å². The lowest BCUT2D eigenvalue weighted by Crippen LogP contribution is -2.09. The molecular formula is C38H23N3OS. The number of para-hydroxylation sites is 3. The van der Waals surface area contributed by atoms with Crippen LogP contribution in [0.1, 0.15) is 5.56 Å². The lowest BCUT2D eigenvalue weighted by molar-refractivity contribution is 0.670. The van der Waals surface area contributed by atoms with Crippen molar-refractivity contribution in [3.63, 3.8) is 0 Å². The first-order valence-corrected chi connectivity index (χ1v) is 14.8. The Kier molecular flexibility index (Phi) is 5.99. The smallest absolute Gasteiger partial charge is 0.143 e. The average Bonchev–Trinajstić information content (AvgIpc) is 3.68. The Morgan fingerprint density at radius 3 is 1.95 bits per heavy atom. The molecule has 0 bridgehead atoms. The molecule has 0 aliphatic carbocycles. The van der Waals surface area contributed by atoms with Gasteiger partial charge in [0.1, 0.15) is 16.2 Å². The van der Waals surface area contributed by atoms with Crippen LogP contribution in [0, 0.1) is 11.3 Å². The van der Waals surface area contributed by atoms with Crippen molar-refractivity contribution in [2.24, 2.45) is 0 Å². The first-order chi connectivity index (χ1) is 21.2. The molecule has 0 atom stereocenters. The molecule has 0 saturated heterocycles. The Hall–Kier alpha value is -5.70. The zero-order valence-electron chi connectivity index (χ0n) is 22.9. The molecule has 2 aromatic heterocycles. The minimum absolute atomic E-state index is 0.629. The molecule has 4 nitrogen and oxygen atoms in total. The summed E-state index contributed by atoms with van der Waals surface area (Å²) in [6.45, 7) is 0. The van der Waals surface area contributed by atoms with Crippen molar-refractivity contribution in [1.82, 2.24) is 4.98 Å². The van der Waals surface area contributed by atoms with Gasteiger partial charge in [-0.3, -0.25) is 0 Å². The van der Waals surface area contributed by atoms with Gasteiger partial charge in [-0.15, -0.1) is 11.3 Å². The van der Waals surface area contributed by atoms with Crippen molar-refractivity contribution >= 4 is 60.6 Å². The molecule has 5 heteroatoms. The monoisotopic (exact) mass is 569 g/mol. The summed E-state index contributed by atoms with van der Waals surface area (Å²) in [5.41, 5.74) is 9.66. The topological polar surface area (TPSA) is 53.1 Å². The highest BCUT2D eigenvalue weighted by Gasteiger charge is 2.16. The molecule has 8 rings (SSSR count). The second-order valence-corrected chi connectivity index (χ2v) is 11.4. The summed E-state index contributed by atoms with van der Waals surface area (Å²) in [4.78, 5) is 7.04. The Labute approximate surface area is 252 Å². The molecule has 0 unspecified atom stereocenters. The largest absolute Gasteiger partial charge is 0.455 e. The van der Waals surface area contributed by atoms with E-state index in [9.17, 15) is 5.26 Å². The van der Waals surface area contributed by atoms with Crippen LogP contribution in [0.4, 0.5) is 17.1 Å². The van der Waals surface area contributed by atoms with Crippen molar-refractivity contribution in [2.75, 3.05) is 4.90 Å². The van der Waals surface area contributed by atoms with Gasteiger partial charge in [-0.25, -0.2) is 4.98 Å². The van der Waals surface area contributed by atoms with Gasteiger partial charge in [0.2, 0.25) is 0 Å². The molecule has 0 radical (unpaired) electrons. The highest BCUT2D eigenvalue weighted by atomic mass is 32.1. The lowest BCUT2D eigenvalue weighted by atomic mass is 10.0. The summed E-state index contributed by atoms with van der Waals surface area (Å²) >= 11 is 1.70. The van der Waals surface area contributed by atoms with E-state index in [0.29, 0.717) is 5.56 Å². The third-order valence-corrected chi connectivity index (χ3v) is 8.85. The van der Waals surface area contributed by atoms with Gasteiger partial charge in [-0.2, -0.15) is 5.26 Å². The van der Waals surface area contributed by atoms with E-state index in [0.717, 1.165) is 66.2 Å². The molecule has 8 aromatic rings. The number of rotatable bonds is 5. The summed E-state index contributed by atoms with van der Waals surface area (Å²) in [6, 6.07) is 49.7. The van der Waals surface area contributed by atoms with Gasteiger partial charge < -0.3 is 9.32 Å². The molecule has 6 aromatic carbocycles. The van der Waals surface area contributed by atoms with Crippen molar-refractivity contribution in [1.29, 1.82) is 5.26 Å². The van der Waals surface area contributed by atoms with Gasteiger partial charge in [0, 0.05) is 39.0 Å². The molecule has 202 valence electrons. The van der Waals surface area contributed by atoms with Crippen molar-refractivity contribution in [2.45, 2.75) is 0 Å². The van der Waals surface area contributed by atoms with Crippen LogP contribution in [0.5, 0.6) is 0 Å². The Bertz CT molecular complexity index is 2260. The fourth-order valence-corrected chi connectivity index (χ4v) is 6.62. The lowest BCUT2D eigenvalue weighted by Gasteiger charge is -2.26. The molecule has 0 amide bonds. The predicted molar refractivity (Wildman–Crippen MR) is 177 cm³/mol. The first-order valence-electron chi connectivity index (χ1n) is 14.0. The maximum Gasteiger partial charge on any atom is 0.143 e. The maximum atomic E-state index is 9.38. The molecule has 0 aliphatic heterocycles. The van der Waals surface area contributed by atoms with Crippen LogP contribution in [0.25, 0.3) is 53.9 Å². The molecule has 0 N–H and O–H groups in total. The van der Waals surface area contributed by atoms with E-state index in [1.54, 1.807) is 11.3 Å². The standard InChI is InChI=1S/C38H23N3OS/c39-24-25-12-18-28(19-13-25)41(30-22-16-27(17-23-30)38-40-34-9-2-4-11-36(34)43-38)29-20-14-26(15-21-29)31-7-5-8-33-32-6-1-3-10-35(32)42-37(31)33/h1-23H. The molecule has 0 fully saturated rings. The van der Waals surface area contributed by atoms with Gasteiger partial charge in [0.05, 0.1) is 21.8 Å². The van der Waals surface area contributed by atoms with E-state index in [-0.39, 0.29) is 0 Å². The summed E-state index contributed by atoms with van der Waals surface area (Å²) in [5.74, 6) is 0. The fourth-order valence-electron chi connectivity index (χ4n) is 5.65. The van der Waals surface area contributed by atoms with Crippen LogP contribution < -0.4 is 4.90 Å². The summed E-state index contributed by atoms with van der Waals surface area (Å²) in [6.07, 6.45) is 0. The van der Waals surface area contributed by atoms with Crippen molar-refractivity contribution in [3.05, 3.63) is 145 Å². The number of thiazole rings is 1. The second kappa shape index (κ2) is 10.3. The van der Waals surface area contributed by atoms with E-state index in [1.807, 2.05) is 54.6 Å². The van der Waals surface area contributed by atoms with E-state index in [1.165, 1.54) is 4.70 Å². The predicted octanol–water partition coefficient (Wildman–Crippen LogP) is 10.9. The maximum absolute atomic E-state index is 9.38. The molecule has 2 heterocycles. The zero-order valence-corrected chi connectivity index (χ0v) is 23.8. The van der Waals surface area contributed by atoms with E-state index < -0.39 is 0 Å². The first kappa shape index (κ1) is 25.0. The number of benzene rings is 6. The minimum atomic E-state index is 0.629.